The van der Waals surface area contributed by atoms with E-state index in [0.29, 0.717) is 12.1 Å². The molecule has 84 valence electrons. The fourth-order valence-corrected chi connectivity index (χ4v) is 1.09. The second-order valence-electron chi connectivity index (χ2n) is 3.10. The van der Waals surface area contributed by atoms with Crippen LogP contribution in [0.25, 0.3) is 0 Å². The molecule has 1 rings (SSSR count). The van der Waals surface area contributed by atoms with Gasteiger partial charge in [-0.1, -0.05) is 18.8 Å². The number of nitrogens with two attached hydrogens (primary N) is 1. The van der Waals surface area contributed by atoms with E-state index in [9.17, 15) is 9.18 Å². The molecule has 0 heterocycles. The molecule has 0 saturated heterocycles. The lowest BCUT2D eigenvalue weighted by Crippen LogP contribution is -2.09. The molecule has 0 saturated carbocycles. The van der Waals surface area contributed by atoms with Crippen LogP contribution < -0.4 is 11.1 Å². The predicted molar refractivity (Wildman–Crippen MR) is 61.3 cm³/mol. The monoisotopic (exact) mass is 220 g/mol. The summed E-state index contributed by atoms with van der Waals surface area (Å²) in [4.78, 5) is 11.1. The highest BCUT2D eigenvalue weighted by Crippen LogP contribution is 2.13. The molecule has 0 aliphatic heterocycles. The molecule has 0 aliphatic rings. The van der Waals surface area contributed by atoms with Gasteiger partial charge in [0.05, 0.1) is 12.1 Å². The van der Waals surface area contributed by atoms with Gasteiger partial charge in [0.15, 0.2) is 0 Å². The highest BCUT2D eigenvalue weighted by molar-refractivity contribution is 5.90. The Morgan fingerprint density at radius 3 is 2.88 bits per heavy atom. The minimum absolute atomic E-state index is 0.153. The fraction of sp³-hybridized carbons (Fsp3) is 0.250. The molecule has 0 radical (unpaired) electrons. The number of rotatable bonds is 2. The van der Waals surface area contributed by atoms with E-state index in [-0.39, 0.29) is 18.0 Å². The van der Waals surface area contributed by atoms with Crippen molar-refractivity contribution >= 4 is 11.6 Å². The maximum absolute atomic E-state index is 13.4. The Morgan fingerprint density at radius 1 is 1.56 bits per heavy atom. The van der Waals surface area contributed by atoms with E-state index in [0.717, 1.165) is 0 Å². The molecule has 1 amide bonds. The zero-order chi connectivity index (χ0) is 12.0. The average Bonchev–Trinajstić information content (AvgIpc) is 2.28. The van der Waals surface area contributed by atoms with Crippen LogP contribution in [0.3, 0.4) is 0 Å². The molecule has 0 unspecified atom stereocenters. The number of hydrogen-bond donors (Lipinski definition) is 2. The second-order valence-corrected chi connectivity index (χ2v) is 3.10. The van der Waals surface area contributed by atoms with Crippen molar-refractivity contribution in [2.24, 2.45) is 5.73 Å². The first kappa shape index (κ1) is 12.2. The van der Waals surface area contributed by atoms with Crippen molar-refractivity contribution in [2.75, 3.05) is 11.9 Å². The zero-order valence-electron chi connectivity index (χ0n) is 9.01. The van der Waals surface area contributed by atoms with Crippen LogP contribution in [0.1, 0.15) is 18.9 Å². The predicted octanol–water partition coefficient (Wildman–Crippen LogP) is 1.48. The van der Waals surface area contributed by atoms with Crippen LogP contribution in [0.5, 0.6) is 0 Å². The quantitative estimate of drug-likeness (QED) is 0.742. The normalized spacial score (nSPS) is 9.19. The number of benzene rings is 1. The molecule has 3 N–H and O–H groups in total. The summed E-state index contributed by atoms with van der Waals surface area (Å²) >= 11 is 0. The van der Waals surface area contributed by atoms with Gasteiger partial charge in [0.25, 0.3) is 0 Å². The molecule has 4 heteroatoms. The molecule has 1 aromatic rings. The fourth-order valence-electron chi connectivity index (χ4n) is 1.09. The molecule has 0 aromatic heterocycles. The van der Waals surface area contributed by atoms with Crippen molar-refractivity contribution < 1.29 is 9.18 Å². The lowest BCUT2D eigenvalue weighted by atomic mass is 10.2. The Bertz CT molecular complexity index is 446. The van der Waals surface area contributed by atoms with E-state index in [4.69, 9.17) is 5.73 Å². The maximum Gasteiger partial charge on any atom is 0.224 e. The van der Waals surface area contributed by atoms with Crippen molar-refractivity contribution in [3.8, 4) is 11.8 Å². The van der Waals surface area contributed by atoms with E-state index in [1.807, 2.05) is 0 Å². The van der Waals surface area contributed by atoms with Crippen molar-refractivity contribution in [3.05, 3.63) is 29.6 Å². The van der Waals surface area contributed by atoms with Gasteiger partial charge in [-0.2, -0.15) is 0 Å². The van der Waals surface area contributed by atoms with Gasteiger partial charge in [-0.25, -0.2) is 4.39 Å². The molecule has 1 aromatic carbocycles. The summed E-state index contributed by atoms with van der Waals surface area (Å²) < 4.78 is 13.4. The van der Waals surface area contributed by atoms with E-state index < -0.39 is 5.82 Å². The third-order valence-corrected chi connectivity index (χ3v) is 1.90. The smallest absolute Gasteiger partial charge is 0.224 e. The highest BCUT2D eigenvalue weighted by Gasteiger charge is 2.03. The number of halogens is 1. The van der Waals surface area contributed by atoms with Crippen LogP contribution in [0, 0.1) is 17.7 Å². The number of nitrogens with one attached hydrogen (secondary N) is 1. The van der Waals surface area contributed by atoms with Gasteiger partial charge in [-0.05, 0) is 18.2 Å². The average molecular weight is 220 g/mol. The highest BCUT2D eigenvalue weighted by atomic mass is 19.1. The summed E-state index contributed by atoms with van der Waals surface area (Å²) in [5.41, 5.74) is 5.90. The topological polar surface area (TPSA) is 55.1 Å². The third kappa shape index (κ3) is 3.37. The van der Waals surface area contributed by atoms with Crippen molar-refractivity contribution in [2.45, 2.75) is 13.3 Å². The van der Waals surface area contributed by atoms with Gasteiger partial charge in [0, 0.05) is 12.1 Å². The van der Waals surface area contributed by atoms with Gasteiger partial charge in [0.2, 0.25) is 5.91 Å². The standard InChI is InChI=1S/C12H13FN2O/c1-2-12(16)15-10-6-5-9(4-3-7-14)11(13)8-10/h5-6,8H,2,7,14H2,1H3,(H,15,16). The summed E-state index contributed by atoms with van der Waals surface area (Å²) in [7, 11) is 0. The molecule has 0 atom stereocenters. The molecule has 0 spiro atoms. The first-order valence-electron chi connectivity index (χ1n) is 4.95. The van der Waals surface area contributed by atoms with E-state index >= 15 is 0 Å². The molecular weight excluding hydrogens is 207 g/mol. The largest absolute Gasteiger partial charge is 0.326 e. The Morgan fingerprint density at radius 2 is 2.31 bits per heavy atom. The van der Waals surface area contributed by atoms with Gasteiger partial charge in [0.1, 0.15) is 5.82 Å². The number of carbonyl (C=O) groups is 1. The Balaban J connectivity index is 2.86. The maximum atomic E-state index is 13.4. The Hall–Kier alpha value is -1.86. The minimum Gasteiger partial charge on any atom is -0.326 e. The minimum atomic E-state index is -0.463. The first-order chi connectivity index (χ1) is 7.67. The summed E-state index contributed by atoms with van der Waals surface area (Å²) in [6.45, 7) is 1.92. The van der Waals surface area contributed by atoms with Gasteiger partial charge in [-0.15, -0.1) is 0 Å². The number of carbonyl (C=O) groups excluding carboxylic acids is 1. The molecule has 0 fully saturated rings. The summed E-state index contributed by atoms with van der Waals surface area (Å²) in [6.07, 6.45) is 0.357. The summed E-state index contributed by atoms with van der Waals surface area (Å²) in [5.74, 6) is 4.56. The van der Waals surface area contributed by atoms with Gasteiger partial charge >= 0.3 is 0 Å². The van der Waals surface area contributed by atoms with Crippen molar-refractivity contribution in [1.82, 2.24) is 0 Å². The van der Waals surface area contributed by atoms with Crippen LogP contribution in [-0.2, 0) is 4.79 Å². The van der Waals surface area contributed by atoms with E-state index in [2.05, 4.69) is 17.2 Å². The van der Waals surface area contributed by atoms with Crippen LogP contribution in [-0.4, -0.2) is 12.5 Å². The van der Waals surface area contributed by atoms with Gasteiger partial charge < -0.3 is 11.1 Å². The second kappa shape index (κ2) is 5.89. The first-order valence-corrected chi connectivity index (χ1v) is 4.95. The number of amides is 1. The number of anilines is 1. The van der Waals surface area contributed by atoms with Crippen LogP contribution in [0.15, 0.2) is 18.2 Å². The summed E-state index contributed by atoms with van der Waals surface area (Å²) in [5, 5.41) is 2.56. The van der Waals surface area contributed by atoms with Crippen LogP contribution in [0.4, 0.5) is 10.1 Å². The van der Waals surface area contributed by atoms with Crippen molar-refractivity contribution in [3.63, 3.8) is 0 Å². The molecule has 0 aliphatic carbocycles. The third-order valence-electron chi connectivity index (χ3n) is 1.90. The molecular formula is C12H13FN2O. The SMILES string of the molecule is CCC(=O)Nc1ccc(C#CCN)c(F)c1. The number of hydrogen-bond acceptors (Lipinski definition) is 2. The zero-order valence-corrected chi connectivity index (χ0v) is 9.01. The summed E-state index contributed by atoms with van der Waals surface area (Å²) in [6, 6.07) is 4.37. The Labute approximate surface area is 93.8 Å². The van der Waals surface area contributed by atoms with E-state index in [1.165, 1.54) is 12.1 Å². The molecule has 3 nitrogen and oxygen atoms in total. The molecule has 16 heavy (non-hydrogen) atoms. The lowest BCUT2D eigenvalue weighted by molar-refractivity contribution is -0.115. The van der Waals surface area contributed by atoms with Crippen molar-refractivity contribution in [1.29, 1.82) is 0 Å². The van der Waals surface area contributed by atoms with E-state index in [1.54, 1.807) is 13.0 Å². The lowest BCUT2D eigenvalue weighted by Gasteiger charge is -2.03. The Kier molecular flexibility index (Phi) is 4.49. The molecule has 0 bridgehead atoms. The van der Waals surface area contributed by atoms with Gasteiger partial charge in [-0.3, -0.25) is 4.79 Å². The van der Waals surface area contributed by atoms with Crippen LogP contribution >= 0.6 is 0 Å². The van der Waals surface area contributed by atoms with Crippen LogP contribution in [0.2, 0.25) is 0 Å².